The van der Waals surface area contributed by atoms with Crippen molar-refractivity contribution in [1.82, 2.24) is 0 Å². The zero-order chi connectivity index (χ0) is 12.5. The minimum atomic E-state index is -0.640. The number of allylic oxidation sites excluding steroid dienone is 1. The molecule has 2 nitrogen and oxygen atoms in total. The lowest BCUT2D eigenvalue weighted by atomic mass is 9.77. The van der Waals surface area contributed by atoms with E-state index in [1.807, 2.05) is 6.92 Å². The molecule has 2 heteroatoms. The van der Waals surface area contributed by atoms with Crippen LogP contribution >= 0.6 is 0 Å². The number of hydrogen-bond donors (Lipinski definition) is 1. The average molecular weight is 236 g/mol. The van der Waals surface area contributed by atoms with Crippen LogP contribution in [0.4, 0.5) is 0 Å². The Balaban J connectivity index is 1.98. The lowest BCUT2D eigenvalue weighted by Gasteiger charge is -2.30. The fourth-order valence-electron chi connectivity index (χ4n) is 4.47. The van der Waals surface area contributed by atoms with Gasteiger partial charge in [0.1, 0.15) is 11.2 Å². The predicted molar refractivity (Wildman–Crippen MR) is 67.7 cm³/mol. The third kappa shape index (κ3) is 1.23. The van der Waals surface area contributed by atoms with Crippen molar-refractivity contribution in [2.75, 3.05) is 0 Å². The zero-order valence-electron chi connectivity index (χ0n) is 11.3. The first-order chi connectivity index (χ1) is 7.85. The number of epoxide rings is 1. The normalized spacial score (nSPS) is 56.9. The molecule has 5 atom stereocenters. The highest BCUT2D eigenvalue weighted by Gasteiger charge is 2.82. The Kier molecular flexibility index (Phi) is 2.18. The highest BCUT2D eigenvalue weighted by molar-refractivity contribution is 5.32. The molecule has 1 heterocycles. The quantitative estimate of drug-likeness (QED) is 0.560. The lowest BCUT2D eigenvalue weighted by molar-refractivity contribution is -0.0385. The van der Waals surface area contributed by atoms with Crippen molar-refractivity contribution < 1.29 is 9.84 Å². The molecule has 0 aromatic carbocycles. The predicted octanol–water partition coefficient (Wildman–Crippen LogP) is 3.05. The van der Waals surface area contributed by atoms with Crippen molar-refractivity contribution >= 4 is 0 Å². The molecule has 0 unspecified atom stereocenters. The minimum Gasteiger partial charge on any atom is -0.387 e. The molecule has 17 heavy (non-hydrogen) atoms. The van der Waals surface area contributed by atoms with Crippen molar-refractivity contribution in [2.45, 2.75) is 69.7 Å². The fourth-order valence-corrected chi connectivity index (χ4v) is 4.47. The lowest BCUT2D eigenvalue weighted by Crippen LogP contribution is -2.43. The van der Waals surface area contributed by atoms with E-state index in [4.69, 9.17) is 4.74 Å². The summed E-state index contributed by atoms with van der Waals surface area (Å²) < 4.78 is 6.19. The molecule has 0 aromatic rings. The molecule has 0 spiro atoms. The average Bonchev–Trinajstić information content (AvgIpc) is 2.87. The van der Waals surface area contributed by atoms with Crippen LogP contribution in [0.5, 0.6) is 0 Å². The molecule has 0 aromatic heterocycles. The van der Waals surface area contributed by atoms with Gasteiger partial charge in [-0.25, -0.2) is 0 Å². The largest absolute Gasteiger partial charge is 0.387 e. The molecule has 2 saturated carbocycles. The van der Waals surface area contributed by atoms with Crippen LogP contribution < -0.4 is 0 Å². The van der Waals surface area contributed by atoms with Crippen molar-refractivity contribution in [1.29, 1.82) is 0 Å². The summed E-state index contributed by atoms with van der Waals surface area (Å²) >= 11 is 0. The molecular weight excluding hydrogens is 212 g/mol. The Bertz CT molecular complexity index is 373. The molecule has 0 radical (unpaired) electrons. The Hall–Kier alpha value is -0.340. The van der Waals surface area contributed by atoms with Gasteiger partial charge in [0.2, 0.25) is 0 Å². The number of aliphatic hydroxyl groups is 1. The second kappa shape index (κ2) is 3.16. The molecule has 96 valence electrons. The first-order valence-electron chi connectivity index (χ1n) is 6.93. The third-order valence-electron chi connectivity index (χ3n) is 5.83. The van der Waals surface area contributed by atoms with Crippen molar-refractivity contribution in [3.8, 4) is 0 Å². The number of rotatable bonds is 1. The Morgan fingerprint density at radius 3 is 2.71 bits per heavy atom. The van der Waals surface area contributed by atoms with Crippen molar-refractivity contribution in [2.24, 2.45) is 11.8 Å². The third-order valence-corrected chi connectivity index (χ3v) is 5.83. The highest BCUT2D eigenvalue weighted by atomic mass is 16.6. The fraction of sp³-hybridized carbons (Fsp3) is 0.867. The summed E-state index contributed by atoms with van der Waals surface area (Å²) in [6.07, 6.45) is 5.30. The SMILES string of the molecule is C=C(C)[C@@H]1CC[C@H](C)[C@]23CC[C@](C)(O)[C@@]2(C1)O3. The summed E-state index contributed by atoms with van der Waals surface area (Å²) in [7, 11) is 0. The van der Waals surface area contributed by atoms with Gasteiger partial charge in [0.05, 0.1) is 5.60 Å². The second-order valence-corrected chi connectivity index (χ2v) is 6.82. The summed E-state index contributed by atoms with van der Waals surface area (Å²) in [5, 5.41) is 10.7. The molecule has 1 aliphatic heterocycles. The van der Waals surface area contributed by atoms with Crippen LogP contribution in [-0.2, 0) is 4.74 Å². The van der Waals surface area contributed by atoms with Gasteiger partial charge in [0.25, 0.3) is 0 Å². The Labute approximate surface area is 104 Å². The summed E-state index contributed by atoms with van der Waals surface area (Å²) in [5.74, 6) is 1.09. The smallest absolute Gasteiger partial charge is 0.127 e. The van der Waals surface area contributed by atoms with Gasteiger partial charge in [0, 0.05) is 0 Å². The van der Waals surface area contributed by atoms with Crippen molar-refractivity contribution in [3.05, 3.63) is 12.2 Å². The van der Waals surface area contributed by atoms with E-state index in [1.165, 1.54) is 18.4 Å². The van der Waals surface area contributed by atoms with Crippen molar-refractivity contribution in [3.63, 3.8) is 0 Å². The van der Waals surface area contributed by atoms with Gasteiger partial charge in [-0.1, -0.05) is 19.1 Å². The zero-order valence-corrected chi connectivity index (χ0v) is 11.3. The first-order valence-corrected chi connectivity index (χ1v) is 6.93. The van der Waals surface area contributed by atoms with E-state index in [2.05, 4.69) is 20.4 Å². The second-order valence-electron chi connectivity index (χ2n) is 6.82. The van der Waals surface area contributed by atoms with Gasteiger partial charge in [-0.05, 0) is 57.8 Å². The van der Waals surface area contributed by atoms with Crippen LogP contribution in [0.2, 0.25) is 0 Å². The standard InChI is InChI=1S/C15H24O2/c1-10(2)12-6-5-11(3)14-8-7-13(4,16)15(14,9-12)17-14/h11-12,16H,1,5-9H2,2-4H3/t11-,12+,13-,14+,15+/m0/s1. The van der Waals surface area contributed by atoms with Crippen LogP contribution in [0.15, 0.2) is 12.2 Å². The molecule has 1 saturated heterocycles. The molecule has 2 aliphatic carbocycles. The highest BCUT2D eigenvalue weighted by Crippen LogP contribution is 2.71. The minimum absolute atomic E-state index is 0.0132. The van der Waals surface area contributed by atoms with Crippen LogP contribution in [0.1, 0.15) is 52.9 Å². The van der Waals surface area contributed by atoms with Gasteiger partial charge in [0.15, 0.2) is 0 Å². The first kappa shape index (κ1) is 11.7. The molecular formula is C15H24O2. The van der Waals surface area contributed by atoms with Crippen LogP contribution in [0.25, 0.3) is 0 Å². The summed E-state index contributed by atoms with van der Waals surface area (Å²) in [6.45, 7) is 10.5. The summed E-state index contributed by atoms with van der Waals surface area (Å²) in [6, 6.07) is 0. The number of ether oxygens (including phenoxy) is 1. The van der Waals surface area contributed by atoms with Gasteiger partial charge in [-0.2, -0.15) is 0 Å². The van der Waals surface area contributed by atoms with Crippen LogP contribution in [-0.4, -0.2) is 21.9 Å². The van der Waals surface area contributed by atoms with E-state index in [9.17, 15) is 5.11 Å². The Morgan fingerprint density at radius 1 is 1.35 bits per heavy atom. The van der Waals surface area contributed by atoms with Gasteiger partial charge in [-0.15, -0.1) is 0 Å². The topological polar surface area (TPSA) is 32.8 Å². The summed E-state index contributed by atoms with van der Waals surface area (Å²) in [5.41, 5.74) is 0.333. The van der Waals surface area contributed by atoms with E-state index in [0.717, 1.165) is 19.3 Å². The van der Waals surface area contributed by atoms with Gasteiger partial charge in [-0.3, -0.25) is 0 Å². The van der Waals surface area contributed by atoms with E-state index >= 15 is 0 Å². The van der Waals surface area contributed by atoms with Crippen LogP contribution in [0, 0.1) is 11.8 Å². The monoisotopic (exact) mass is 236 g/mol. The number of hydrogen-bond acceptors (Lipinski definition) is 2. The Morgan fingerprint density at radius 2 is 2.06 bits per heavy atom. The molecule has 3 rings (SSSR count). The van der Waals surface area contributed by atoms with Crippen LogP contribution in [0.3, 0.4) is 0 Å². The molecule has 1 N–H and O–H groups in total. The van der Waals surface area contributed by atoms with Gasteiger partial charge < -0.3 is 9.84 Å². The van der Waals surface area contributed by atoms with E-state index in [1.54, 1.807) is 0 Å². The van der Waals surface area contributed by atoms with Gasteiger partial charge >= 0.3 is 0 Å². The molecule has 0 amide bonds. The van der Waals surface area contributed by atoms with E-state index in [0.29, 0.717) is 11.8 Å². The van der Waals surface area contributed by atoms with E-state index in [-0.39, 0.29) is 11.2 Å². The molecule has 0 bridgehead atoms. The van der Waals surface area contributed by atoms with E-state index < -0.39 is 5.60 Å². The summed E-state index contributed by atoms with van der Waals surface area (Å²) in [4.78, 5) is 0. The molecule has 3 aliphatic rings. The maximum atomic E-state index is 10.7. The molecule has 3 fully saturated rings. The maximum Gasteiger partial charge on any atom is 0.127 e. The maximum absolute atomic E-state index is 10.7.